The fraction of sp³-hybridized carbons (Fsp3) is 0.286. The lowest BCUT2D eigenvalue weighted by atomic mass is 10.1. The second kappa shape index (κ2) is 12.9. The van der Waals surface area contributed by atoms with Crippen molar-refractivity contribution in [3.05, 3.63) is 94.5 Å². The van der Waals surface area contributed by atoms with Gasteiger partial charge in [0, 0.05) is 17.6 Å². The lowest BCUT2D eigenvalue weighted by Crippen LogP contribution is -2.52. The van der Waals surface area contributed by atoms with Gasteiger partial charge in [0.1, 0.15) is 12.6 Å². The molecule has 1 N–H and O–H groups in total. The summed E-state index contributed by atoms with van der Waals surface area (Å²) in [6, 6.07) is 21.9. The highest BCUT2D eigenvalue weighted by Crippen LogP contribution is 2.27. The highest BCUT2D eigenvalue weighted by molar-refractivity contribution is 9.10. The number of anilines is 1. The van der Waals surface area contributed by atoms with Gasteiger partial charge < -0.3 is 10.2 Å². The SMILES string of the molecule is CCNC(=O)C(CC)N(Cc1ccccc1)C(=O)CN(c1cccc(Br)c1)S(=O)(=O)c1ccc(C)cc1. The normalized spacial score (nSPS) is 12.0. The Bertz CT molecular complexity index is 1310. The first-order valence-corrected chi connectivity index (χ1v) is 14.4. The zero-order chi connectivity index (χ0) is 27.0. The number of rotatable bonds is 11. The van der Waals surface area contributed by atoms with E-state index in [9.17, 15) is 18.0 Å². The molecule has 0 aromatic heterocycles. The van der Waals surface area contributed by atoms with Crippen molar-refractivity contribution in [2.75, 3.05) is 17.4 Å². The third kappa shape index (κ3) is 7.20. The molecule has 0 radical (unpaired) electrons. The first kappa shape index (κ1) is 28.4. The van der Waals surface area contributed by atoms with Crippen LogP contribution in [0.15, 0.2) is 88.2 Å². The van der Waals surface area contributed by atoms with E-state index in [1.165, 1.54) is 17.0 Å². The van der Waals surface area contributed by atoms with Crippen molar-refractivity contribution < 1.29 is 18.0 Å². The zero-order valence-electron chi connectivity index (χ0n) is 21.2. The van der Waals surface area contributed by atoms with Crippen molar-refractivity contribution in [3.8, 4) is 0 Å². The second-order valence-electron chi connectivity index (χ2n) is 8.63. The number of sulfonamides is 1. The molecule has 1 atom stereocenters. The molecule has 3 aromatic carbocycles. The summed E-state index contributed by atoms with van der Waals surface area (Å²) in [7, 11) is -4.09. The molecule has 196 valence electrons. The van der Waals surface area contributed by atoms with Crippen molar-refractivity contribution in [1.29, 1.82) is 0 Å². The zero-order valence-corrected chi connectivity index (χ0v) is 23.6. The molecule has 3 aromatic rings. The van der Waals surface area contributed by atoms with E-state index in [2.05, 4.69) is 21.2 Å². The number of hydrogen-bond donors (Lipinski definition) is 1. The Balaban J connectivity index is 2.05. The Kier molecular flexibility index (Phi) is 9.88. The van der Waals surface area contributed by atoms with Crippen LogP contribution in [-0.2, 0) is 26.2 Å². The number of amides is 2. The summed E-state index contributed by atoms with van der Waals surface area (Å²) in [5.74, 6) is -0.748. The quantitative estimate of drug-likeness (QED) is 0.347. The molecule has 0 aliphatic heterocycles. The van der Waals surface area contributed by atoms with E-state index in [1.807, 2.05) is 51.1 Å². The third-order valence-corrected chi connectivity index (χ3v) is 8.20. The Morgan fingerprint density at radius 3 is 2.22 bits per heavy atom. The van der Waals surface area contributed by atoms with Gasteiger partial charge in [-0.15, -0.1) is 0 Å². The number of carbonyl (C=O) groups is 2. The fourth-order valence-corrected chi connectivity index (χ4v) is 5.78. The summed E-state index contributed by atoms with van der Waals surface area (Å²) in [5.41, 5.74) is 2.11. The predicted octanol–water partition coefficient (Wildman–Crippen LogP) is 4.90. The molecule has 0 spiro atoms. The molecular weight excluding hydrogens is 554 g/mol. The van der Waals surface area contributed by atoms with E-state index < -0.39 is 28.5 Å². The molecule has 1 unspecified atom stereocenters. The van der Waals surface area contributed by atoms with Crippen molar-refractivity contribution in [3.63, 3.8) is 0 Å². The van der Waals surface area contributed by atoms with Crippen molar-refractivity contribution in [1.82, 2.24) is 10.2 Å². The first-order valence-electron chi connectivity index (χ1n) is 12.1. The maximum absolute atomic E-state index is 13.9. The molecule has 0 saturated carbocycles. The molecule has 2 amide bonds. The number of aryl methyl sites for hydroxylation is 1. The lowest BCUT2D eigenvalue weighted by Gasteiger charge is -2.33. The molecule has 3 rings (SSSR count). The van der Waals surface area contributed by atoms with E-state index in [0.717, 1.165) is 15.4 Å². The van der Waals surface area contributed by atoms with Crippen molar-refractivity contribution in [2.24, 2.45) is 0 Å². The van der Waals surface area contributed by atoms with Crippen LogP contribution >= 0.6 is 15.9 Å². The summed E-state index contributed by atoms with van der Waals surface area (Å²) in [6.07, 6.45) is 0.381. The highest BCUT2D eigenvalue weighted by atomic mass is 79.9. The topological polar surface area (TPSA) is 86.8 Å². The van der Waals surface area contributed by atoms with E-state index in [1.54, 1.807) is 36.4 Å². The molecule has 0 bridgehead atoms. The molecule has 0 aliphatic carbocycles. The van der Waals surface area contributed by atoms with E-state index in [4.69, 9.17) is 0 Å². The Morgan fingerprint density at radius 2 is 1.62 bits per heavy atom. The smallest absolute Gasteiger partial charge is 0.264 e. The van der Waals surface area contributed by atoms with Crippen LogP contribution in [0.3, 0.4) is 0 Å². The number of nitrogens with zero attached hydrogens (tertiary/aromatic N) is 2. The van der Waals surface area contributed by atoms with Crippen LogP contribution in [0.1, 0.15) is 31.4 Å². The summed E-state index contributed by atoms with van der Waals surface area (Å²) in [5, 5.41) is 2.80. The predicted molar refractivity (Wildman–Crippen MR) is 150 cm³/mol. The minimum absolute atomic E-state index is 0.0799. The number of nitrogens with one attached hydrogen (secondary N) is 1. The minimum atomic E-state index is -4.09. The lowest BCUT2D eigenvalue weighted by molar-refractivity contribution is -0.140. The van der Waals surface area contributed by atoms with Crippen LogP contribution in [0.25, 0.3) is 0 Å². The number of benzene rings is 3. The summed E-state index contributed by atoms with van der Waals surface area (Å²) in [6.45, 7) is 5.66. The fourth-order valence-electron chi connectivity index (χ4n) is 3.99. The molecule has 0 saturated heterocycles. The summed E-state index contributed by atoms with van der Waals surface area (Å²) in [4.78, 5) is 28.4. The molecule has 0 aliphatic rings. The maximum atomic E-state index is 13.9. The number of hydrogen-bond acceptors (Lipinski definition) is 4. The Hall–Kier alpha value is -3.17. The van der Waals surface area contributed by atoms with Gasteiger partial charge in [-0.3, -0.25) is 13.9 Å². The molecule has 7 nitrogen and oxygen atoms in total. The summed E-state index contributed by atoms with van der Waals surface area (Å²) >= 11 is 3.40. The van der Waals surface area contributed by atoms with Gasteiger partial charge in [0.2, 0.25) is 11.8 Å². The molecule has 0 fully saturated rings. The monoisotopic (exact) mass is 585 g/mol. The molecular formula is C28H32BrN3O4S. The van der Waals surface area contributed by atoms with Gasteiger partial charge in [-0.05, 0) is 56.2 Å². The van der Waals surface area contributed by atoms with E-state index >= 15 is 0 Å². The average molecular weight is 587 g/mol. The maximum Gasteiger partial charge on any atom is 0.264 e. The van der Waals surface area contributed by atoms with Gasteiger partial charge in [0.25, 0.3) is 10.0 Å². The van der Waals surface area contributed by atoms with Crippen LogP contribution in [0.2, 0.25) is 0 Å². The first-order chi connectivity index (χ1) is 17.7. The van der Waals surface area contributed by atoms with Gasteiger partial charge in [0.05, 0.1) is 10.6 Å². The van der Waals surface area contributed by atoms with Crippen molar-refractivity contribution in [2.45, 2.75) is 44.7 Å². The van der Waals surface area contributed by atoms with E-state index in [0.29, 0.717) is 23.1 Å². The highest BCUT2D eigenvalue weighted by Gasteiger charge is 2.33. The largest absolute Gasteiger partial charge is 0.355 e. The second-order valence-corrected chi connectivity index (χ2v) is 11.4. The summed E-state index contributed by atoms with van der Waals surface area (Å²) < 4.78 is 29.4. The van der Waals surface area contributed by atoms with Crippen LogP contribution in [-0.4, -0.2) is 44.3 Å². The minimum Gasteiger partial charge on any atom is -0.355 e. The standard InChI is InChI=1S/C28H32BrN3O4S/c1-4-26(28(34)30-5-2)31(19-22-10-7-6-8-11-22)27(33)20-32(24-13-9-12-23(29)18-24)37(35,36)25-16-14-21(3)15-17-25/h6-18,26H,4-5,19-20H2,1-3H3,(H,30,34). The number of likely N-dealkylation sites (N-methyl/N-ethyl adjacent to an activating group) is 1. The number of halogens is 1. The average Bonchev–Trinajstić information content (AvgIpc) is 2.88. The van der Waals surface area contributed by atoms with E-state index in [-0.39, 0.29) is 17.3 Å². The van der Waals surface area contributed by atoms with Crippen LogP contribution in [0, 0.1) is 6.92 Å². The van der Waals surface area contributed by atoms with Gasteiger partial charge >= 0.3 is 0 Å². The Morgan fingerprint density at radius 1 is 0.946 bits per heavy atom. The van der Waals surface area contributed by atoms with Gasteiger partial charge in [-0.25, -0.2) is 8.42 Å². The molecule has 9 heteroatoms. The molecule has 37 heavy (non-hydrogen) atoms. The molecule has 0 heterocycles. The third-order valence-electron chi connectivity index (χ3n) is 5.92. The van der Waals surface area contributed by atoms with Gasteiger partial charge in [-0.1, -0.05) is 76.9 Å². The number of carbonyl (C=O) groups excluding carboxylic acids is 2. The van der Waals surface area contributed by atoms with Gasteiger partial charge in [-0.2, -0.15) is 0 Å². The Labute approximate surface area is 227 Å². The van der Waals surface area contributed by atoms with Crippen LogP contribution < -0.4 is 9.62 Å². The van der Waals surface area contributed by atoms with Crippen LogP contribution in [0.5, 0.6) is 0 Å². The van der Waals surface area contributed by atoms with Crippen molar-refractivity contribution >= 4 is 43.5 Å². The van der Waals surface area contributed by atoms with Gasteiger partial charge in [0.15, 0.2) is 0 Å². The van der Waals surface area contributed by atoms with Crippen LogP contribution in [0.4, 0.5) is 5.69 Å².